The average molecular weight is 319 g/mol. The molecule has 0 saturated heterocycles. The second-order valence-electron chi connectivity index (χ2n) is 2.26. The second-order valence-corrected chi connectivity index (χ2v) is 3.78. The minimum atomic E-state index is -2.64. The summed E-state index contributed by atoms with van der Waals surface area (Å²) in [7, 11) is 0. The van der Waals surface area contributed by atoms with E-state index in [1.54, 1.807) is 22.6 Å². The van der Waals surface area contributed by atoms with Crippen LogP contribution in [0.5, 0.6) is 0 Å². The van der Waals surface area contributed by atoms with Gasteiger partial charge in [0.05, 0.1) is 6.61 Å². The van der Waals surface area contributed by atoms with Crippen LogP contribution in [0.4, 0.5) is 8.78 Å². The average Bonchev–Trinajstić information content (AvgIpc) is 2.07. The third-order valence-electron chi connectivity index (χ3n) is 1.41. The van der Waals surface area contributed by atoms with E-state index in [1.807, 2.05) is 0 Å². The van der Waals surface area contributed by atoms with Crippen LogP contribution in [0.15, 0.2) is 6.07 Å². The van der Waals surface area contributed by atoms with Crippen molar-refractivity contribution in [1.82, 2.24) is 4.98 Å². The molecule has 2 nitrogen and oxygen atoms in total. The lowest BCUT2D eigenvalue weighted by atomic mass is 10.2. The second kappa shape index (κ2) is 4.47. The van der Waals surface area contributed by atoms with Gasteiger partial charge in [0.15, 0.2) is 0 Å². The quantitative estimate of drug-likeness (QED) is 0.672. The number of hydrogen-bond acceptors (Lipinski definition) is 2. The molecule has 0 spiro atoms. The fourth-order valence-electron chi connectivity index (χ4n) is 0.781. The van der Waals surface area contributed by atoms with Crippen LogP contribution < -0.4 is 0 Å². The molecule has 0 amide bonds. The highest BCUT2D eigenvalue weighted by molar-refractivity contribution is 14.1. The number of aliphatic hydroxyl groups excluding tert-OH is 1. The summed E-state index contributed by atoms with van der Waals surface area (Å²) in [5.74, 6) is 0. The summed E-state index contributed by atoms with van der Waals surface area (Å²) in [5.41, 5.74) is 0.0123. The van der Waals surface area contributed by atoms with Gasteiger partial charge in [-0.2, -0.15) is 0 Å². The number of aliphatic hydroxyl groups is 1. The highest BCUT2D eigenvalue weighted by atomic mass is 127. The van der Waals surface area contributed by atoms with Gasteiger partial charge in [0.1, 0.15) is 10.8 Å². The number of aromatic nitrogens is 1. The molecule has 0 fully saturated rings. The van der Waals surface area contributed by atoms with Crippen molar-refractivity contribution >= 4 is 34.2 Å². The molecular formula is C7H5ClF2INO. The Balaban J connectivity index is 3.20. The SMILES string of the molecule is OCc1cc(I)c(C(F)F)nc1Cl. The number of hydrogen-bond donors (Lipinski definition) is 1. The zero-order valence-corrected chi connectivity index (χ0v) is 9.18. The molecule has 1 heterocycles. The molecule has 0 aliphatic rings. The van der Waals surface area contributed by atoms with Crippen molar-refractivity contribution in [2.75, 3.05) is 0 Å². The summed E-state index contributed by atoms with van der Waals surface area (Å²) in [6.45, 7) is -0.300. The number of nitrogens with zero attached hydrogens (tertiary/aromatic N) is 1. The van der Waals surface area contributed by atoms with E-state index in [0.717, 1.165) is 0 Å². The van der Waals surface area contributed by atoms with Gasteiger partial charge in [0.2, 0.25) is 0 Å². The van der Waals surface area contributed by atoms with E-state index in [-0.39, 0.29) is 17.5 Å². The van der Waals surface area contributed by atoms with E-state index in [1.165, 1.54) is 6.07 Å². The first-order chi connectivity index (χ1) is 6.06. The van der Waals surface area contributed by atoms with Gasteiger partial charge in [-0.15, -0.1) is 0 Å². The van der Waals surface area contributed by atoms with Crippen LogP contribution >= 0.6 is 34.2 Å². The molecule has 6 heteroatoms. The fourth-order valence-corrected chi connectivity index (χ4v) is 1.72. The van der Waals surface area contributed by atoms with Crippen molar-refractivity contribution in [3.05, 3.63) is 26.0 Å². The third kappa shape index (κ3) is 2.47. The number of alkyl halides is 2. The number of pyridine rings is 1. The molecule has 1 rings (SSSR count). The first-order valence-corrected chi connectivity index (χ1v) is 4.75. The Labute approximate surface area is 92.1 Å². The lowest BCUT2D eigenvalue weighted by Crippen LogP contribution is -1.98. The van der Waals surface area contributed by atoms with Crippen molar-refractivity contribution in [3.8, 4) is 0 Å². The van der Waals surface area contributed by atoms with Crippen LogP contribution in [0.3, 0.4) is 0 Å². The largest absolute Gasteiger partial charge is 0.392 e. The molecular weight excluding hydrogens is 314 g/mol. The minimum Gasteiger partial charge on any atom is -0.392 e. The van der Waals surface area contributed by atoms with Crippen molar-refractivity contribution in [3.63, 3.8) is 0 Å². The van der Waals surface area contributed by atoms with E-state index in [2.05, 4.69) is 4.98 Å². The van der Waals surface area contributed by atoms with Crippen molar-refractivity contribution in [1.29, 1.82) is 0 Å². The Morgan fingerprint density at radius 2 is 2.23 bits per heavy atom. The van der Waals surface area contributed by atoms with Gasteiger partial charge < -0.3 is 5.11 Å². The van der Waals surface area contributed by atoms with Crippen LogP contribution in [0.25, 0.3) is 0 Å². The first kappa shape index (κ1) is 11.1. The van der Waals surface area contributed by atoms with Gasteiger partial charge in [-0.3, -0.25) is 0 Å². The smallest absolute Gasteiger partial charge is 0.281 e. The monoisotopic (exact) mass is 319 g/mol. The Hall–Kier alpha value is -0.0100. The van der Waals surface area contributed by atoms with Gasteiger partial charge in [-0.25, -0.2) is 13.8 Å². The standard InChI is InChI=1S/C7H5ClF2INO/c8-6-3(2-13)1-4(11)5(12-6)7(9)10/h1,7,13H,2H2. The van der Waals surface area contributed by atoms with Crippen LogP contribution in [0.1, 0.15) is 17.7 Å². The molecule has 0 aliphatic carbocycles. The number of rotatable bonds is 2. The molecule has 13 heavy (non-hydrogen) atoms. The molecule has 1 N–H and O–H groups in total. The van der Waals surface area contributed by atoms with Crippen molar-refractivity contribution in [2.24, 2.45) is 0 Å². The molecule has 0 unspecified atom stereocenters. The van der Waals surface area contributed by atoms with Crippen LogP contribution in [-0.4, -0.2) is 10.1 Å². The Kier molecular flexibility index (Phi) is 3.81. The van der Waals surface area contributed by atoms with Crippen molar-refractivity contribution in [2.45, 2.75) is 13.0 Å². The first-order valence-electron chi connectivity index (χ1n) is 3.30. The summed E-state index contributed by atoms with van der Waals surface area (Å²) >= 11 is 7.27. The van der Waals surface area contributed by atoms with Gasteiger partial charge >= 0.3 is 0 Å². The predicted octanol–water partition coefficient (Wildman–Crippen LogP) is 2.77. The van der Waals surface area contributed by atoms with E-state index >= 15 is 0 Å². The van der Waals surface area contributed by atoms with Gasteiger partial charge in [0.25, 0.3) is 6.43 Å². The normalized spacial score (nSPS) is 10.9. The van der Waals surface area contributed by atoms with Gasteiger partial charge in [-0.05, 0) is 28.7 Å². The molecule has 1 aromatic rings. The number of halogens is 4. The van der Waals surface area contributed by atoms with E-state index in [4.69, 9.17) is 16.7 Å². The Morgan fingerprint density at radius 3 is 2.69 bits per heavy atom. The lowest BCUT2D eigenvalue weighted by Gasteiger charge is -2.05. The lowest BCUT2D eigenvalue weighted by molar-refractivity contribution is 0.145. The van der Waals surface area contributed by atoms with Crippen LogP contribution in [0, 0.1) is 3.57 Å². The summed E-state index contributed by atoms with van der Waals surface area (Å²) in [6, 6.07) is 1.40. The Morgan fingerprint density at radius 1 is 1.62 bits per heavy atom. The molecule has 0 radical (unpaired) electrons. The fraction of sp³-hybridized carbons (Fsp3) is 0.286. The minimum absolute atomic E-state index is 0.0711. The highest BCUT2D eigenvalue weighted by Gasteiger charge is 2.16. The molecule has 72 valence electrons. The van der Waals surface area contributed by atoms with Gasteiger partial charge in [-0.1, -0.05) is 11.6 Å². The zero-order valence-electron chi connectivity index (χ0n) is 6.27. The summed E-state index contributed by atoms with van der Waals surface area (Å²) < 4.78 is 24.8. The van der Waals surface area contributed by atoms with E-state index < -0.39 is 6.43 Å². The molecule has 0 atom stereocenters. The van der Waals surface area contributed by atoms with E-state index in [9.17, 15) is 8.78 Å². The van der Waals surface area contributed by atoms with Crippen molar-refractivity contribution < 1.29 is 13.9 Å². The maximum atomic E-state index is 12.3. The Bertz CT molecular complexity index is 322. The van der Waals surface area contributed by atoms with E-state index in [0.29, 0.717) is 9.13 Å². The maximum Gasteiger partial charge on any atom is 0.281 e. The predicted molar refractivity (Wildman–Crippen MR) is 52.8 cm³/mol. The summed E-state index contributed by atoms with van der Waals surface area (Å²) in [5, 5.41) is 8.69. The molecule has 0 saturated carbocycles. The molecule has 0 aromatic carbocycles. The van der Waals surface area contributed by atoms with Crippen LogP contribution in [-0.2, 0) is 6.61 Å². The topological polar surface area (TPSA) is 33.1 Å². The molecule has 0 bridgehead atoms. The molecule has 0 aliphatic heterocycles. The summed E-state index contributed by atoms with van der Waals surface area (Å²) in [4.78, 5) is 3.49. The van der Waals surface area contributed by atoms with Crippen LogP contribution in [0.2, 0.25) is 5.15 Å². The highest BCUT2D eigenvalue weighted by Crippen LogP contribution is 2.26. The summed E-state index contributed by atoms with van der Waals surface area (Å²) in [6.07, 6.45) is -2.64. The maximum absolute atomic E-state index is 12.3. The molecule has 1 aromatic heterocycles. The van der Waals surface area contributed by atoms with Gasteiger partial charge in [0, 0.05) is 9.13 Å². The third-order valence-corrected chi connectivity index (χ3v) is 2.60. The zero-order chi connectivity index (χ0) is 10.0.